The molecule has 8 nitrogen and oxygen atoms in total. The highest BCUT2D eigenvalue weighted by Crippen LogP contribution is 2.55. The van der Waals surface area contributed by atoms with E-state index in [1.165, 1.54) is 0 Å². The number of H-pyrrole nitrogens is 1. The summed E-state index contributed by atoms with van der Waals surface area (Å²) in [6, 6.07) is 3.82. The number of aromatic nitrogens is 5. The van der Waals surface area contributed by atoms with Gasteiger partial charge < -0.3 is 10.4 Å². The van der Waals surface area contributed by atoms with Crippen molar-refractivity contribution in [1.82, 2.24) is 25.1 Å². The predicted octanol–water partition coefficient (Wildman–Crippen LogP) is 3.97. The molecule has 0 radical (unpaired) electrons. The fraction of sp³-hybridized carbons (Fsp3) is 0.500. The first-order valence-electron chi connectivity index (χ1n) is 10.9. The number of rotatable bonds is 5. The number of carbonyl (C=O) groups is 1. The lowest BCUT2D eigenvalue weighted by molar-refractivity contribution is -0.148. The molecule has 0 amide bonds. The molecule has 4 aliphatic rings. The number of aromatic amines is 1. The molecule has 4 atom stereocenters. The highest BCUT2D eigenvalue weighted by Gasteiger charge is 2.48. The van der Waals surface area contributed by atoms with Gasteiger partial charge in [0.1, 0.15) is 12.1 Å². The van der Waals surface area contributed by atoms with Crippen LogP contribution in [0.15, 0.2) is 24.7 Å². The Bertz CT molecular complexity index is 1160. The molecule has 160 valence electrons. The molecule has 3 aromatic heterocycles. The molecular formula is C22H23ClN6O2. The second kappa shape index (κ2) is 7.15. The molecule has 0 aromatic carbocycles. The molecule has 9 heteroatoms. The second-order valence-corrected chi connectivity index (χ2v) is 9.58. The summed E-state index contributed by atoms with van der Waals surface area (Å²) in [4.78, 5) is 25.1. The minimum absolute atomic E-state index is 0.0625. The minimum Gasteiger partial charge on any atom is -0.481 e. The lowest BCUT2D eigenvalue weighted by atomic mass is 9.61. The van der Waals surface area contributed by atoms with E-state index in [-0.39, 0.29) is 29.7 Å². The van der Waals surface area contributed by atoms with Crippen LogP contribution in [0.4, 0.5) is 5.82 Å². The van der Waals surface area contributed by atoms with Crippen LogP contribution in [0.25, 0.3) is 11.0 Å². The van der Waals surface area contributed by atoms with Crippen molar-refractivity contribution in [3.63, 3.8) is 0 Å². The highest BCUT2D eigenvalue weighted by molar-refractivity contribution is 6.31. The van der Waals surface area contributed by atoms with Gasteiger partial charge in [-0.15, -0.1) is 0 Å². The number of anilines is 1. The van der Waals surface area contributed by atoms with Crippen LogP contribution in [0.5, 0.6) is 0 Å². The number of aliphatic carboxylic acids is 1. The molecule has 3 N–H and O–H groups in total. The smallest absolute Gasteiger partial charge is 0.308 e. The second-order valence-electron chi connectivity index (χ2n) is 9.15. The molecule has 0 aliphatic heterocycles. The Morgan fingerprint density at radius 2 is 1.90 bits per heavy atom. The van der Waals surface area contributed by atoms with Gasteiger partial charge in [-0.1, -0.05) is 11.6 Å². The van der Waals surface area contributed by atoms with Crippen LogP contribution in [-0.4, -0.2) is 42.3 Å². The number of hydrogen-bond acceptors (Lipinski definition) is 6. The Labute approximate surface area is 183 Å². The first-order chi connectivity index (χ1) is 15.1. The van der Waals surface area contributed by atoms with Crippen molar-refractivity contribution in [2.45, 2.75) is 50.0 Å². The molecule has 3 aromatic rings. The number of fused-ring (bicyclic) bond motifs is 4. The largest absolute Gasteiger partial charge is 0.481 e. The van der Waals surface area contributed by atoms with E-state index < -0.39 is 5.97 Å². The third kappa shape index (κ3) is 3.24. The van der Waals surface area contributed by atoms with Gasteiger partial charge in [0.25, 0.3) is 0 Å². The Balaban J connectivity index is 1.23. The molecule has 0 spiro atoms. The van der Waals surface area contributed by atoms with Gasteiger partial charge in [0.2, 0.25) is 0 Å². The normalized spacial score (nSPS) is 31.6. The summed E-state index contributed by atoms with van der Waals surface area (Å²) in [6.45, 7) is 0. The molecule has 3 heterocycles. The molecule has 4 fully saturated rings. The van der Waals surface area contributed by atoms with Gasteiger partial charge in [0.05, 0.1) is 10.9 Å². The molecule has 0 saturated heterocycles. The Morgan fingerprint density at radius 3 is 2.71 bits per heavy atom. The van der Waals surface area contributed by atoms with Crippen molar-refractivity contribution in [2.75, 3.05) is 5.32 Å². The number of halogens is 1. The first kappa shape index (κ1) is 19.0. The fourth-order valence-electron chi connectivity index (χ4n) is 5.85. The summed E-state index contributed by atoms with van der Waals surface area (Å²) in [5.74, 6) is 0.901. The monoisotopic (exact) mass is 438 g/mol. The third-order valence-electron chi connectivity index (χ3n) is 7.45. The lowest BCUT2D eigenvalue weighted by Crippen LogP contribution is -2.51. The molecule has 4 aliphatic carbocycles. The van der Waals surface area contributed by atoms with E-state index in [0.29, 0.717) is 16.6 Å². The number of nitrogens with one attached hydrogen (secondary N) is 2. The first-order valence-corrected chi connectivity index (χ1v) is 11.3. The molecule has 7 rings (SSSR count). The fourth-order valence-corrected chi connectivity index (χ4v) is 6.01. The van der Waals surface area contributed by atoms with Crippen LogP contribution >= 0.6 is 11.6 Å². The van der Waals surface area contributed by atoms with E-state index in [1.807, 2.05) is 12.1 Å². The Kier molecular flexibility index (Phi) is 4.38. The number of carboxylic acids is 1. The van der Waals surface area contributed by atoms with Gasteiger partial charge in [-0.2, -0.15) is 5.10 Å². The maximum Gasteiger partial charge on any atom is 0.308 e. The molecular weight excluding hydrogens is 416 g/mol. The van der Waals surface area contributed by atoms with E-state index in [2.05, 4.69) is 30.5 Å². The van der Waals surface area contributed by atoms with E-state index >= 15 is 0 Å². The summed E-state index contributed by atoms with van der Waals surface area (Å²) in [6.07, 6.45) is 8.38. The third-order valence-corrected chi connectivity index (χ3v) is 7.66. The van der Waals surface area contributed by atoms with Gasteiger partial charge in [0.15, 0.2) is 5.65 Å². The summed E-state index contributed by atoms with van der Waals surface area (Å²) >= 11 is 6.13. The molecule has 4 unspecified atom stereocenters. The average Bonchev–Trinajstić information content (AvgIpc) is 3.46. The van der Waals surface area contributed by atoms with Crippen molar-refractivity contribution in [1.29, 1.82) is 0 Å². The van der Waals surface area contributed by atoms with E-state index in [1.54, 1.807) is 12.5 Å². The van der Waals surface area contributed by atoms with Crippen LogP contribution < -0.4 is 5.32 Å². The van der Waals surface area contributed by atoms with Gasteiger partial charge in [-0.05, 0) is 50.0 Å². The van der Waals surface area contributed by atoms with Crippen molar-refractivity contribution >= 4 is 34.4 Å². The number of hydrogen-bond donors (Lipinski definition) is 3. The highest BCUT2D eigenvalue weighted by atomic mass is 35.5. The Morgan fingerprint density at radius 1 is 1.10 bits per heavy atom. The SMILES string of the molecule is O=C(O)C1C2CCC(CC2)C1Nc1cc(C2CC2c2[nH]nc3ncc(Cl)cc23)ncn1. The zero-order valence-electron chi connectivity index (χ0n) is 16.8. The number of carboxylic acid groups (broad SMARTS) is 1. The number of nitrogens with zero attached hydrogens (tertiary/aromatic N) is 4. The summed E-state index contributed by atoms with van der Waals surface area (Å²) < 4.78 is 0. The van der Waals surface area contributed by atoms with Crippen molar-refractivity contribution in [3.05, 3.63) is 41.1 Å². The molecule has 2 bridgehead atoms. The van der Waals surface area contributed by atoms with Crippen LogP contribution in [0.2, 0.25) is 5.02 Å². The van der Waals surface area contributed by atoms with Gasteiger partial charge in [-0.3, -0.25) is 9.89 Å². The maximum atomic E-state index is 11.9. The Hall–Kier alpha value is -2.74. The minimum atomic E-state index is -0.693. The summed E-state index contributed by atoms with van der Waals surface area (Å²) in [5, 5.41) is 22.3. The zero-order valence-corrected chi connectivity index (χ0v) is 17.6. The van der Waals surface area contributed by atoms with Gasteiger partial charge in [0, 0.05) is 46.9 Å². The van der Waals surface area contributed by atoms with E-state index in [9.17, 15) is 9.90 Å². The van der Waals surface area contributed by atoms with Crippen molar-refractivity contribution in [3.8, 4) is 0 Å². The van der Waals surface area contributed by atoms with Gasteiger partial charge in [-0.25, -0.2) is 15.0 Å². The molecule has 4 saturated carbocycles. The van der Waals surface area contributed by atoms with E-state index in [0.717, 1.165) is 54.7 Å². The quantitative estimate of drug-likeness (QED) is 0.551. The zero-order chi connectivity index (χ0) is 21.1. The maximum absolute atomic E-state index is 11.9. The summed E-state index contributed by atoms with van der Waals surface area (Å²) in [7, 11) is 0. The predicted molar refractivity (Wildman–Crippen MR) is 115 cm³/mol. The standard InChI is InChI=1S/C22H23ClN6O2/c23-12-5-15-20(28-29-21(15)24-8-12)14-6-13(14)16-7-17(26-9-25-16)27-19-11-3-1-10(2-4-11)18(19)22(30)31/h5,7-11,13-14,18-19H,1-4,6H2,(H,30,31)(H,24,28,29)(H,25,26,27). The summed E-state index contributed by atoms with van der Waals surface area (Å²) in [5.41, 5.74) is 2.67. The van der Waals surface area contributed by atoms with Crippen LogP contribution in [0, 0.1) is 17.8 Å². The number of pyridine rings is 1. The van der Waals surface area contributed by atoms with Crippen molar-refractivity contribution in [2.24, 2.45) is 17.8 Å². The topological polar surface area (TPSA) is 117 Å². The van der Waals surface area contributed by atoms with Crippen LogP contribution in [-0.2, 0) is 4.79 Å². The average molecular weight is 439 g/mol. The van der Waals surface area contributed by atoms with Crippen LogP contribution in [0.3, 0.4) is 0 Å². The van der Waals surface area contributed by atoms with Crippen molar-refractivity contribution < 1.29 is 9.90 Å². The van der Waals surface area contributed by atoms with Crippen LogP contribution in [0.1, 0.15) is 55.3 Å². The van der Waals surface area contributed by atoms with E-state index in [4.69, 9.17) is 11.6 Å². The molecule has 31 heavy (non-hydrogen) atoms. The van der Waals surface area contributed by atoms with Gasteiger partial charge >= 0.3 is 5.97 Å². The lowest BCUT2D eigenvalue weighted by Gasteiger charge is -2.47.